The average molecular weight is 616 g/mol. The predicted molar refractivity (Wildman–Crippen MR) is 176 cm³/mol. The highest BCUT2D eigenvalue weighted by Gasteiger charge is 2.27. The molecule has 3 atom stereocenters. The van der Waals surface area contributed by atoms with Crippen molar-refractivity contribution >= 4 is 16.0 Å². The Kier molecular flexibility index (Phi) is 27.7. The van der Waals surface area contributed by atoms with Gasteiger partial charge in [0.2, 0.25) is 5.91 Å². The summed E-state index contributed by atoms with van der Waals surface area (Å²) in [6, 6.07) is -1.23. The number of allylic oxidation sites excluding steroid dienone is 3. The molecule has 0 aromatic carbocycles. The normalized spacial score (nSPS) is 14.5. The van der Waals surface area contributed by atoms with Gasteiger partial charge < -0.3 is 15.5 Å². The lowest BCUT2D eigenvalue weighted by atomic mass is 10.0. The zero-order valence-corrected chi connectivity index (χ0v) is 27.8. The van der Waals surface area contributed by atoms with E-state index < -0.39 is 40.0 Å². The molecule has 1 amide bonds. The first-order valence-electron chi connectivity index (χ1n) is 17.1. The molecule has 7 nitrogen and oxygen atoms in total. The first kappa shape index (κ1) is 40.8. The molecular weight excluding hydrogens is 550 g/mol. The van der Waals surface area contributed by atoms with Crippen LogP contribution in [0.1, 0.15) is 162 Å². The number of hydrogen-bond acceptors (Lipinski definition) is 5. The van der Waals surface area contributed by atoms with Gasteiger partial charge in [0.15, 0.2) is 0 Å². The minimum absolute atomic E-state index is 0.273. The zero-order chi connectivity index (χ0) is 31.3. The highest BCUT2D eigenvalue weighted by atomic mass is 32.2. The number of rotatable bonds is 30. The Balaban J connectivity index is 4.02. The molecule has 3 unspecified atom stereocenters. The van der Waals surface area contributed by atoms with Crippen molar-refractivity contribution in [3.05, 3.63) is 24.3 Å². The van der Waals surface area contributed by atoms with Crippen molar-refractivity contribution < 1.29 is 28.0 Å². The largest absolute Gasteiger partial charge is 0.387 e. The van der Waals surface area contributed by atoms with Gasteiger partial charge >= 0.3 is 0 Å². The molecular formula is C34H65NO6S. The summed E-state index contributed by atoms with van der Waals surface area (Å²) in [6.07, 6.45) is 31.2. The fourth-order valence-electron chi connectivity index (χ4n) is 5.04. The third kappa shape index (κ3) is 27.6. The van der Waals surface area contributed by atoms with Crippen LogP contribution in [0.2, 0.25) is 0 Å². The van der Waals surface area contributed by atoms with Crippen LogP contribution in [0.4, 0.5) is 0 Å². The van der Waals surface area contributed by atoms with Gasteiger partial charge in [-0.2, -0.15) is 8.42 Å². The Labute approximate surface area is 258 Å². The van der Waals surface area contributed by atoms with E-state index in [1.807, 2.05) is 0 Å². The van der Waals surface area contributed by atoms with Crippen molar-refractivity contribution in [2.24, 2.45) is 0 Å². The molecule has 0 bridgehead atoms. The van der Waals surface area contributed by atoms with Crippen molar-refractivity contribution in [2.75, 3.05) is 5.75 Å². The minimum atomic E-state index is -4.43. The van der Waals surface area contributed by atoms with E-state index in [1.165, 1.54) is 83.1 Å². The fourth-order valence-corrected chi connectivity index (χ4v) is 5.77. The molecule has 42 heavy (non-hydrogen) atoms. The van der Waals surface area contributed by atoms with E-state index in [9.17, 15) is 28.0 Å². The minimum Gasteiger partial charge on any atom is -0.387 e. The molecule has 4 N–H and O–H groups in total. The summed E-state index contributed by atoms with van der Waals surface area (Å²) in [6.45, 7) is 4.41. The Morgan fingerprint density at radius 1 is 0.643 bits per heavy atom. The Bertz CT molecular complexity index is 783. The fraction of sp³-hybridized carbons (Fsp3) is 0.853. The summed E-state index contributed by atoms with van der Waals surface area (Å²) < 4.78 is 32.1. The molecule has 0 heterocycles. The lowest BCUT2D eigenvalue weighted by Gasteiger charge is -2.22. The monoisotopic (exact) mass is 615 g/mol. The van der Waals surface area contributed by atoms with E-state index in [1.54, 1.807) is 6.08 Å². The predicted octanol–water partition coefficient (Wildman–Crippen LogP) is 8.21. The van der Waals surface area contributed by atoms with Crippen LogP contribution in [-0.2, 0) is 14.9 Å². The van der Waals surface area contributed by atoms with Crippen LogP contribution in [0.5, 0.6) is 0 Å². The number of amides is 1. The smallest absolute Gasteiger partial charge is 0.267 e. The number of carbonyl (C=O) groups excluding carboxylic acids is 1. The Hall–Kier alpha value is -1.22. The summed E-state index contributed by atoms with van der Waals surface area (Å²) in [5.41, 5.74) is 0. The highest BCUT2D eigenvalue weighted by Crippen LogP contribution is 2.13. The molecule has 248 valence electrons. The van der Waals surface area contributed by atoms with E-state index in [-0.39, 0.29) is 6.42 Å². The summed E-state index contributed by atoms with van der Waals surface area (Å²) in [4.78, 5) is 12.5. The Morgan fingerprint density at radius 2 is 1.05 bits per heavy atom. The van der Waals surface area contributed by atoms with Gasteiger partial charge in [-0.05, 0) is 44.9 Å². The van der Waals surface area contributed by atoms with Gasteiger partial charge in [-0.15, -0.1) is 0 Å². The van der Waals surface area contributed by atoms with Gasteiger partial charge in [-0.25, -0.2) is 0 Å². The van der Waals surface area contributed by atoms with E-state index in [2.05, 4.69) is 31.3 Å². The van der Waals surface area contributed by atoms with Crippen LogP contribution >= 0.6 is 0 Å². The van der Waals surface area contributed by atoms with Crippen LogP contribution in [0, 0.1) is 0 Å². The molecule has 0 aromatic rings. The molecule has 0 saturated heterocycles. The van der Waals surface area contributed by atoms with Gasteiger partial charge in [-0.3, -0.25) is 9.35 Å². The second-order valence-corrected chi connectivity index (χ2v) is 13.4. The first-order chi connectivity index (χ1) is 20.2. The number of nitrogens with one attached hydrogen (secondary N) is 1. The van der Waals surface area contributed by atoms with Crippen molar-refractivity contribution in [2.45, 2.75) is 180 Å². The van der Waals surface area contributed by atoms with Crippen molar-refractivity contribution in [1.29, 1.82) is 0 Å². The lowest BCUT2D eigenvalue weighted by molar-refractivity contribution is -0.130. The van der Waals surface area contributed by atoms with Crippen LogP contribution in [-0.4, -0.2) is 53.1 Å². The van der Waals surface area contributed by atoms with E-state index in [0.29, 0.717) is 6.42 Å². The van der Waals surface area contributed by atoms with Gasteiger partial charge in [-0.1, -0.05) is 141 Å². The van der Waals surface area contributed by atoms with Gasteiger partial charge in [0.05, 0.1) is 17.9 Å². The standard InChI is InChI=1S/C34H65NO6S/c1-3-5-7-9-11-12-13-14-15-16-17-18-19-20-21-23-25-27-29-33(37)34(38)35-31(30-42(39,40)41)32(36)28-26-24-22-10-8-6-4-2/h16-17,26,28,31-33,36-37H,3-15,18-25,27,29-30H2,1-2H3,(H,35,38)(H,39,40,41)/b17-16-,28-26+. The second-order valence-electron chi connectivity index (χ2n) is 11.9. The molecule has 0 aromatic heterocycles. The van der Waals surface area contributed by atoms with Crippen molar-refractivity contribution in [3.63, 3.8) is 0 Å². The molecule has 0 rings (SSSR count). The SMILES string of the molecule is CCCCCCC/C=C/C(O)C(CS(=O)(=O)O)NC(=O)C(O)CCCCCCCC/C=C\CCCCCCCCCC. The number of hydrogen-bond donors (Lipinski definition) is 4. The molecule has 8 heteroatoms. The summed E-state index contributed by atoms with van der Waals surface area (Å²) in [5, 5.41) is 23.1. The summed E-state index contributed by atoms with van der Waals surface area (Å²) >= 11 is 0. The topological polar surface area (TPSA) is 124 Å². The van der Waals surface area contributed by atoms with Crippen LogP contribution in [0.15, 0.2) is 24.3 Å². The second kappa shape index (κ2) is 28.5. The van der Waals surface area contributed by atoms with E-state index in [4.69, 9.17) is 0 Å². The summed E-state index contributed by atoms with van der Waals surface area (Å²) in [7, 11) is -4.43. The average Bonchev–Trinajstić information content (AvgIpc) is 2.94. The number of aliphatic hydroxyl groups is 2. The Morgan fingerprint density at radius 3 is 1.50 bits per heavy atom. The number of unbranched alkanes of at least 4 members (excludes halogenated alkanes) is 19. The maximum atomic E-state index is 12.5. The van der Waals surface area contributed by atoms with Crippen LogP contribution < -0.4 is 5.32 Å². The molecule has 0 aliphatic carbocycles. The van der Waals surface area contributed by atoms with E-state index >= 15 is 0 Å². The lowest BCUT2D eigenvalue weighted by Crippen LogP contribution is -2.50. The molecule has 0 radical (unpaired) electrons. The third-order valence-corrected chi connectivity index (χ3v) is 8.51. The highest BCUT2D eigenvalue weighted by molar-refractivity contribution is 7.85. The molecule has 0 saturated carbocycles. The van der Waals surface area contributed by atoms with E-state index in [0.717, 1.165) is 57.8 Å². The summed E-state index contributed by atoms with van der Waals surface area (Å²) in [5.74, 6) is -1.54. The van der Waals surface area contributed by atoms with Crippen molar-refractivity contribution in [3.8, 4) is 0 Å². The molecule has 0 spiro atoms. The maximum Gasteiger partial charge on any atom is 0.267 e. The zero-order valence-electron chi connectivity index (χ0n) is 27.0. The molecule has 0 aliphatic heterocycles. The van der Waals surface area contributed by atoms with Gasteiger partial charge in [0.1, 0.15) is 6.10 Å². The molecule has 0 fully saturated rings. The number of carbonyl (C=O) groups is 1. The van der Waals surface area contributed by atoms with Gasteiger partial charge in [0, 0.05) is 0 Å². The van der Waals surface area contributed by atoms with Crippen LogP contribution in [0.3, 0.4) is 0 Å². The third-order valence-electron chi connectivity index (χ3n) is 7.73. The van der Waals surface area contributed by atoms with Crippen LogP contribution in [0.25, 0.3) is 0 Å². The quantitative estimate of drug-likeness (QED) is 0.0367. The number of aliphatic hydroxyl groups excluding tert-OH is 2. The molecule has 0 aliphatic rings. The van der Waals surface area contributed by atoms with Crippen molar-refractivity contribution in [1.82, 2.24) is 5.32 Å². The maximum absolute atomic E-state index is 12.5. The van der Waals surface area contributed by atoms with Gasteiger partial charge in [0.25, 0.3) is 10.1 Å². The first-order valence-corrected chi connectivity index (χ1v) is 18.8.